The summed E-state index contributed by atoms with van der Waals surface area (Å²) in [6.07, 6.45) is 1.58. The summed E-state index contributed by atoms with van der Waals surface area (Å²) in [4.78, 5) is 15.9. The van der Waals surface area contributed by atoms with Gasteiger partial charge in [0.2, 0.25) is 5.88 Å². The standard InChI is InChI=1S/C16H16BrNO3/c1-10(2)13-9-11(17)6-7-14(13)21-15-12(16(19)20-3)5-4-8-18-15/h4-10H,1-3H3. The molecule has 1 aromatic heterocycles. The minimum atomic E-state index is -0.471. The van der Waals surface area contributed by atoms with Crippen molar-refractivity contribution in [2.24, 2.45) is 0 Å². The van der Waals surface area contributed by atoms with Crippen LogP contribution in [-0.2, 0) is 4.74 Å². The molecule has 2 rings (SSSR count). The average molecular weight is 350 g/mol. The van der Waals surface area contributed by atoms with Crippen LogP contribution in [0.1, 0.15) is 35.7 Å². The van der Waals surface area contributed by atoms with Crippen LogP contribution in [0.3, 0.4) is 0 Å². The van der Waals surface area contributed by atoms with E-state index in [9.17, 15) is 4.79 Å². The van der Waals surface area contributed by atoms with Crippen LogP contribution in [0.25, 0.3) is 0 Å². The van der Waals surface area contributed by atoms with Crippen molar-refractivity contribution in [1.29, 1.82) is 0 Å². The lowest BCUT2D eigenvalue weighted by molar-refractivity contribution is 0.0597. The van der Waals surface area contributed by atoms with E-state index in [4.69, 9.17) is 9.47 Å². The SMILES string of the molecule is COC(=O)c1cccnc1Oc1ccc(Br)cc1C(C)C. The molecule has 0 N–H and O–H groups in total. The van der Waals surface area contributed by atoms with Crippen molar-refractivity contribution in [3.8, 4) is 11.6 Å². The van der Waals surface area contributed by atoms with Crippen molar-refractivity contribution in [3.05, 3.63) is 52.1 Å². The first-order valence-electron chi connectivity index (χ1n) is 6.53. The largest absolute Gasteiger partial charge is 0.465 e. The maximum Gasteiger partial charge on any atom is 0.343 e. The van der Waals surface area contributed by atoms with Crippen molar-refractivity contribution in [1.82, 2.24) is 4.98 Å². The highest BCUT2D eigenvalue weighted by atomic mass is 79.9. The fraction of sp³-hybridized carbons (Fsp3) is 0.250. The lowest BCUT2D eigenvalue weighted by atomic mass is 10.0. The minimum Gasteiger partial charge on any atom is -0.465 e. The second-order valence-electron chi connectivity index (χ2n) is 4.79. The molecule has 5 heteroatoms. The van der Waals surface area contributed by atoms with Gasteiger partial charge in [-0.1, -0.05) is 29.8 Å². The molecule has 0 spiro atoms. The zero-order valence-electron chi connectivity index (χ0n) is 12.1. The summed E-state index contributed by atoms with van der Waals surface area (Å²) in [6.45, 7) is 4.16. The first-order chi connectivity index (χ1) is 10.0. The number of ether oxygens (including phenoxy) is 2. The topological polar surface area (TPSA) is 48.4 Å². The number of hydrogen-bond acceptors (Lipinski definition) is 4. The number of esters is 1. The molecule has 0 unspecified atom stereocenters. The van der Waals surface area contributed by atoms with E-state index in [0.717, 1.165) is 10.0 Å². The van der Waals surface area contributed by atoms with Gasteiger partial charge in [-0.2, -0.15) is 0 Å². The average Bonchev–Trinajstić information content (AvgIpc) is 2.48. The van der Waals surface area contributed by atoms with Gasteiger partial charge in [0.1, 0.15) is 11.3 Å². The summed E-state index contributed by atoms with van der Waals surface area (Å²) >= 11 is 3.45. The number of methoxy groups -OCH3 is 1. The van der Waals surface area contributed by atoms with Crippen LogP contribution in [0.5, 0.6) is 11.6 Å². The van der Waals surface area contributed by atoms with E-state index >= 15 is 0 Å². The fourth-order valence-corrected chi connectivity index (χ4v) is 2.28. The zero-order valence-corrected chi connectivity index (χ0v) is 13.7. The van der Waals surface area contributed by atoms with Gasteiger partial charge in [-0.25, -0.2) is 9.78 Å². The molecule has 0 aliphatic rings. The number of benzene rings is 1. The molecule has 2 aromatic rings. The van der Waals surface area contributed by atoms with Crippen molar-refractivity contribution < 1.29 is 14.3 Å². The number of pyridine rings is 1. The van der Waals surface area contributed by atoms with Gasteiger partial charge in [-0.15, -0.1) is 0 Å². The minimum absolute atomic E-state index is 0.244. The molecule has 0 aliphatic carbocycles. The van der Waals surface area contributed by atoms with Gasteiger partial charge in [-0.05, 0) is 41.8 Å². The fourth-order valence-electron chi connectivity index (χ4n) is 1.91. The van der Waals surface area contributed by atoms with Crippen LogP contribution in [0, 0.1) is 0 Å². The smallest absolute Gasteiger partial charge is 0.343 e. The van der Waals surface area contributed by atoms with Crippen LogP contribution in [-0.4, -0.2) is 18.1 Å². The highest BCUT2D eigenvalue weighted by molar-refractivity contribution is 9.10. The number of carbonyl (C=O) groups excluding carboxylic acids is 1. The second kappa shape index (κ2) is 6.72. The maximum atomic E-state index is 11.7. The van der Waals surface area contributed by atoms with Gasteiger partial charge >= 0.3 is 5.97 Å². The van der Waals surface area contributed by atoms with Crippen molar-refractivity contribution in [2.75, 3.05) is 7.11 Å². The van der Waals surface area contributed by atoms with Crippen molar-refractivity contribution in [2.45, 2.75) is 19.8 Å². The molecule has 1 heterocycles. The molecule has 21 heavy (non-hydrogen) atoms. The highest BCUT2D eigenvalue weighted by Crippen LogP contribution is 2.33. The molecule has 0 radical (unpaired) electrons. The number of aromatic nitrogens is 1. The molecule has 0 amide bonds. The van der Waals surface area contributed by atoms with Gasteiger partial charge in [0.15, 0.2) is 0 Å². The van der Waals surface area contributed by atoms with Crippen LogP contribution in [0.15, 0.2) is 41.0 Å². The number of hydrogen-bond donors (Lipinski definition) is 0. The van der Waals surface area contributed by atoms with Gasteiger partial charge in [-0.3, -0.25) is 0 Å². The Morgan fingerprint density at radius 3 is 2.71 bits per heavy atom. The van der Waals surface area contributed by atoms with Crippen LogP contribution >= 0.6 is 15.9 Å². The van der Waals surface area contributed by atoms with Crippen molar-refractivity contribution >= 4 is 21.9 Å². The molecule has 4 nitrogen and oxygen atoms in total. The highest BCUT2D eigenvalue weighted by Gasteiger charge is 2.17. The molecular formula is C16H16BrNO3. The third-order valence-electron chi connectivity index (χ3n) is 2.98. The molecular weight excluding hydrogens is 334 g/mol. The van der Waals surface area contributed by atoms with E-state index in [1.54, 1.807) is 18.3 Å². The Morgan fingerprint density at radius 2 is 2.05 bits per heavy atom. The Kier molecular flexibility index (Phi) is 4.96. The number of nitrogens with zero attached hydrogens (tertiary/aromatic N) is 1. The van der Waals surface area contributed by atoms with Crippen LogP contribution in [0.2, 0.25) is 0 Å². The number of carbonyl (C=O) groups is 1. The van der Waals surface area contributed by atoms with Gasteiger partial charge < -0.3 is 9.47 Å². The third-order valence-corrected chi connectivity index (χ3v) is 3.47. The summed E-state index contributed by atoms with van der Waals surface area (Å²) in [5.41, 5.74) is 1.34. The Hall–Kier alpha value is -1.88. The van der Waals surface area contributed by atoms with E-state index in [1.807, 2.05) is 18.2 Å². The van der Waals surface area contributed by atoms with Crippen LogP contribution in [0.4, 0.5) is 0 Å². The van der Waals surface area contributed by atoms with Gasteiger partial charge in [0.25, 0.3) is 0 Å². The van der Waals surface area contributed by atoms with E-state index in [1.165, 1.54) is 7.11 Å². The Bertz CT molecular complexity index is 656. The third kappa shape index (κ3) is 3.61. The zero-order chi connectivity index (χ0) is 15.4. The van der Waals surface area contributed by atoms with E-state index < -0.39 is 5.97 Å². The molecule has 110 valence electrons. The summed E-state index contributed by atoms with van der Waals surface area (Å²) in [5, 5.41) is 0. The molecule has 0 saturated carbocycles. The molecule has 0 bridgehead atoms. The lowest BCUT2D eigenvalue weighted by Crippen LogP contribution is -2.05. The summed E-state index contributed by atoms with van der Waals surface area (Å²) in [6, 6.07) is 9.05. The summed E-state index contributed by atoms with van der Waals surface area (Å²) in [5.74, 6) is 0.731. The summed E-state index contributed by atoms with van der Waals surface area (Å²) in [7, 11) is 1.33. The molecule has 0 fully saturated rings. The van der Waals surface area contributed by atoms with E-state index in [-0.39, 0.29) is 11.8 Å². The first kappa shape index (κ1) is 15.5. The van der Waals surface area contributed by atoms with Gasteiger partial charge in [0.05, 0.1) is 7.11 Å². The van der Waals surface area contributed by atoms with E-state index in [0.29, 0.717) is 11.3 Å². The molecule has 0 aliphatic heterocycles. The predicted octanol–water partition coefficient (Wildman–Crippen LogP) is 4.55. The van der Waals surface area contributed by atoms with Crippen LogP contribution < -0.4 is 4.74 Å². The van der Waals surface area contributed by atoms with E-state index in [2.05, 4.69) is 34.8 Å². The lowest BCUT2D eigenvalue weighted by Gasteiger charge is -2.15. The predicted molar refractivity (Wildman–Crippen MR) is 83.9 cm³/mol. The Balaban J connectivity index is 2.41. The molecule has 0 atom stereocenters. The second-order valence-corrected chi connectivity index (χ2v) is 5.70. The Labute approximate surface area is 132 Å². The number of halogens is 1. The number of rotatable bonds is 4. The Morgan fingerprint density at radius 1 is 1.29 bits per heavy atom. The molecule has 0 saturated heterocycles. The molecule has 1 aromatic carbocycles. The maximum absolute atomic E-state index is 11.7. The summed E-state index contributed by atoms with van der Waals surface area (Å²) < 4.78 is 11.6. The normalized spacial score (nSPS) is 10.5. The quantitative estimate of drug-likeness (QED) is 0.760. The van der Waals surface area contributed by atoms with Gasteiger partial charge in [0, 0.05) is 10.7 Å². The van der Waals surface area contributed by atoms with Crippen molar-refractivity contribution in [3.63, 3.8) is 0 Å². The monoisotopic (exact) mass is 349 g/mol. The first-order valence-corrected chi connectivity index (χ1v) is 7.33.